The molecule has 1 aromatic carbocycles. The van der Waals surface area contributed by atoms with Crippen molar-refractivity contribution < 1.29 is 28.7 Å². The Morgan fingerprint density at radius 1 is 1.09 bits per heavy atom. The summed E-state index contributed by atoms with van der Waals surface area (Å²) < 4.78 is 11.3. The smallest absolute Gasteiger partial charge is 0.337 e. The molecule has 4 aliphatic rings. The third-order valence-corrected chi connectivity index (χ3v) is 7.22. The number of nitrogens with one attached hydrogen (secondary N) is 2. The molecule has 2 N–H and O–H groups in total. The number of anilines is 1. The zero-order chi connectivity index (χ0) is 25.3. The summed E-state index contributed by atoms with van der Waals surface area (Å²) in [5.41, 5.74) is -2.06. The van der Waals surface area contributed by atoms with Crippen LogP contribution in [-0.4, -0.2) is 59.6 Å². The number of rotatable bonds is 5. The van der Waals surface area contributed by atoms with Gasteiger partial charge < -0.3 is 20.1 Å². The van der Waals surface area contributed by atoms with Gasteiger partial charge in [0.1, 0.15) is 11.6 Å². The standard InChI is InChI=1S/C26H31N3O6/c1-24(2,3)28-21(31)19-26-13-12-25(4,35-26)17(20(30)27-15-8-9-15)18(26)22(32)29(19)16-10-6-14(7-11-16)23(33)34-5/h6-7,10-13,15,17-19H,8-9H2,1-5H3,(H,27,30)(H,28,31)/t17-,18+,19-,25+,26+/m1/s1. The van der Waals surface area contributed by atoms with Crippen molar-refractivity contribution in [2.45, 2.75) is 69.4 Å². The number of carbonyl (C=O) groups is 4. The van der Waals surface area contributed by atoms with E-state index in [-0.39, 0.29) is 23.8 Å². The first-order chi connectivity index (χ1) is 16.4. The Morgan fingerprint density at radius 3 is 2.31 bits per heavy atom. The van der Waals surface area contributed by atoms with Crippen LogP contribution in [0.15, 0.2) is 36.4 Å². The SMILES string of the molecule is COC(=O)c1ccc(N2C(=O)[C@@H]3[C@H](C(=O)NC4CC4)[C@]4(C)C=C[C@@]3(O4)[C@H]2C(=O)NC(C)(C)C)cc1. The normalized spacial score (nSPS) is 33.0. The maximum atomic E-state index is 14.0. The predicted molar refractivity (Wildman–Crippen MR) is 126 cm³/mol. The van der Waals surface area contributed by atoms with Gasteiger partial charge in [-0.1, -0.05) is 12.2 Å². The molecule has 0 radical (unpaired) electrons. The van der Waals surface area contributed by atoms with Crippen LogP contribution in [0.2, 0.25) is 0 Å². The van der Waals surface area contributed by atoms with Crippen molar-refractivity contribution >= 4 is 29.4 Å². The quantitative estimate of drug-likeness (QED) is 0.489. The number of benzene rings is 1. The van der Waals surface area contributed by atoms with Crippen molar-refractivity contribution in [2.24, 2.45) is 11.8 Å². The number of hydrogen-bond donors (Lipinski definition) is 2. The number of nitrogens with zero attached hydrogens (tertiary/aromatic N) is 1. The Balaban J connectivity index is 1.58. The fraction of sp³-hybridized carbons (Fsp3) is 0.538. The fourth-order valence-electron chi connectivity index (χ4n) is 5.64. The summed E-state index contributed by atoms with van der Waals surface area (Å²) in [5, 5.41) is 6.01. The van der Waals surface area contributed by atoms with Gasteiger partial charge in [0, 0.05) is 17.3 Å². The lowest BCUT2D eigenvalue weighted by atomic mass is 9.70. The highest BCUT2D eigenvalue weighted by atomic mass is 16.5. The summed E-state index contributed by atoms with van der Waals surface area (Å²) in [4.78, 5) is 54.4. The van der Waals surface area contributed by atoms with Crippen LogP contribution >= 0.6 is 0 Å². The average Bonchev–Trinajstić information content (AvgIpc) is 3.40. The number of ether oxygens (including phenoxy) is 2. The molecule has 1 spiro atoms. The molecule has 3 heterocycles. The molecule has 1 aromatic rings. The molecule has 186 valence electrons. The van der Waals surface area contributed by atoms with Crippen LogP contribution in [0.3, 0.4) is 0 Å². The van der Waals surface area contributed by atoms with E-state index in [2.05, 4.69) is 10.6 Å². The van der Waals surface area contributed by atoms with Crippen molar-refractivity contribution in [3.63, 3.8) is 0 Å². The Kier molecular flexibility index (Phi) is 5.14. The first kappa shape index (κ1) is 23.5. The van der Waals surface area contributed by atoms with Gasteiger partial charge in [-0.05, 0) is 64.8 Å². The van der Waals surface area contributed by atoms with Crippen LogP contribution in [0, 0.1) is 11.8 Å². The van der Waals surface area contributed by atoms with E-state index in [0.717, 1.165) is 12.8 Å². The first-order valence-corrected chi connectivity index (χ1v) is 11.9. The number of esters is 1. The van der Waals surface area contributed by atoms with E-state index in [1.165, 1.54) is 12.0 Å². The zero-order valence-corrected chi connectivity index (χ0v) is 20.6. The van der Waals surface area contributed by atoms with Crippen LogP contribution in [0.5, 0.6) is 0 Å². The maximum Gasteiger partial charge on any atom is 0.337 e. The molecule has 2 bridgehead atoms. The molecule has 2 saturated heterocycles. The molecule has 0 aromatic heterocycles. The van der Waals surface area contributed by atoms with Gasteiger partial charge in [-0.25, -0.2) is 4.79 Å². The second kappa shape index (κ2) is 7.65. The van der Waals surface area contributed by atoms with Crippen LogP contribution < -0.4 is 15.5 Å². The van der Waals surface area contributed by atoms with Crippen LogP contribution in [0.1, 0.15) is 50.9 Å². The van der Waals surface area contributed by atoms with Crippen LogP contribution in [0.25, 0.3) is 0 Å². The minimum absolute atomic E-state index is 0.128. The van der Waals surface area contributed by atoms with Gasteiger partial charge in [-0.15, -0.1) is 0 Å². The summed E-state index contributed by atoms with van der Waals surface area (Å²) >= 11 is 0. The Labute approximate surface area is 204 Å². The molecule has 9 heteroatoms. The number of hydrogen-bond acceptors (Lipinski definition) is 6. The zero-order valence-electron chi connectivity index (χ0n) is 20.6. The highest BCUT2D eigenvalue weighted by Gasteiger charge is 2.76. The largest absolute Gasteiger partial charge is 0.465 e. The molecule has 3 amide bonds. The van der Waals surface area contributed by atoms with E-state index in [1.54, 1.807) is 37.3 Å². The van der Waals surface area contributed by atoms with E-state index in [4.69, 9.17) is 9.47 Å². The Morgan fingerprint density at radius 2 is 1.74 bits per heavy atom. The highest BCUT2D eigenvalue weighted by molar-refractivity contribution is 6.10. The summed E-state index contributed by atoms with van der Waals surface area (Å²) in [6, 6.07) is 5.41. The third kappa shape index (κ3) is 3.64. The second-order valence-electron chi connectivity index (χ2n) is 11.1. The van der Waals surface area contributed by atoms with Crippen LogP contribution in [0.4, 0.5) is 5.69 Å². The molecule has 5 atom stereocenters. The van der Waals surface area contributed by atoms with Gasteiger partial charge in [-0.3, -0.25) is 19.3 Å². The number of amides is 3. The molecule has 3 fully saturated rings. The van der Waals surface area contributed by atoms with E-state index < -0.39 is 40.6 Å². The highest BCUT2D eigenvalue weighted by Crippen LogP contribution is 2.60. The summed E-state index contributed by atoms with van der Waals surface area (Å²) in [5.74, 6) is -3.07. The summed E-state index contributed by atoms with van der Waals surface area (Å²) in [6.45, 7) is 7.39. The Bertz CT molecular complexity index is 1130. The summed E-state index contributed by atoms with van der Waals surface area (Å²) in [6.07, 6.45) is 5.44. The van der Waals surface area contributed by atoms with Gasteiger partial charge >= 0.3 is 5.97 Å². The van der Waals surface area contributed by atoms with Gasteiger partial charge in [0.25, 0.3) is 0 Å². The van der Waals surface area contributed by atoms with Crippen molar-refractivity contribution in [3.8, 4) is 0 Å². The van der Waals surface area contributed by atoms with Crippen molar-refractivity contribution in [1.82, 2.24) is 10.6 Å². The molecule has 5 rings (SSSR count). The molecular formula is C26H31N3O6. The Hall–Kier alpha value is -3.20. The van der Waals surface area contributed by atoms with E-state index >= 15 is 0 Å². The molecule has 3 aliphatic heterocycles. The third-order valence-electron chi connectivity index (χ3n) is 7.22. The molecule has 0 unspecified atom stereocenters. The van der Waals surface area contributed by atoms with Crippen molar-refractivity contribution in [2.75, 3.05) is 12.0 Å². The van der Waals surface area contributed by atoms with E-state index in [1.807, 2.05) is 26.8 Å². The van der Waals surface area contributed by atoms with Gasteiger partial charge in [0.2, 0.25) is 17.7 Å². The monoisotopic (exact) mass is 481 g/mol. The van der Waals surface area contributed by atoms with Crippen molar-refractivity contribution in [1.29, 1.82) is 0 Å². The lowest BCUT2D eigenvalue weighted by molar-refractivity contribution is -0.134. The molecule has 1 saturated carbocycles. The second-order valence-corrected chi connectivity index (χ2v) is 11.1. The average molecular weight is 482 g/mol. The van der Waals surface area contributed by atoms with E-state index in [0.29, 0.717) is 11.3 Å². The summed E-state index contributed by atoms with van der Waals surface area (Å²) in [7, 11) is 1.29. The topological polar surface area (TPSA) is 114 Å². The molecule has 9 nitrogen and oxygen atoms in total. The predicted octanol–water partition coefficient (Wildman–Crippen LogP) is 1.71. The van der Waals surface area contributed by atoms with Gasteiger partial charge in [-0.2, -0.15) is 0 Å². The van der Waals surface area contributed by atoms with E-state index in [9.17, 15) is 19.2 Å². The molecule has 35 heavy (non-hydrogen) atoms. The molecular weight excluding hydrogens is 450 g/mol. The van der Waals surface area contributed by atoms with Crippen LogP contribution in [-0.2, 0) is 23.9 Å². The van der Waals surface area contributed by atoms with Gasteiger partial charge in [0.15, 0.2) is 0 Å². The minimum atomic E-state index is -1.28. The number of fused-ring (bicyclic) bond motifs is 1. The first-order valence-electron chi connectivity index (χ1n) is 11.9. The number of methoxy groups -OCH3 is 1. The lowest BCUT2D eigenvalue weighted by Crippen LogP contribution is -2.58. The maximum absolute atomic E-state index is 14.0. The van der Waals surface area contributed by atoms with Gasteiger partial charge in [0.05, 0.1) is 30.1 Å². The molecule has 1 aliphatic carbocycles. The minimum Gasteiger partial charge on any atom is -0.465 e. The number of carbonyl (C=O) groups excluding carboxylic acids is 4. The fourth-order valence-corrected chi connectivity index (χ4v) is 5.64. The lowest BCUT2D eigenvalue weighted by Gasteiger charge is -2.35. The van der Waals surface area contributed by atoms with Crippen molar-refractivity contribution in [3.05, 3.63) is 42.0 Å².